The van der Waals surface area contributed by atoms with Crippen LogP contribution in [0.1, 0.15) is 0 Å². The number of nitrogen functional groups attached to an aromatic ring is 1. The minimum atomic E-state index is -0.496. The Kier molecular flexibility index (Phi) is 2.83. The van der Waals surface area contributed by atoms with E-state index in [1.165, 1.54) is 16.8 Å². The summed E-state index contributed by atoms with van der Waals surface area (Å²) >= 11 is 0. The van der Waals surface area contributed by atoms with E-state index in [0.29, 0.717) is 11.4 Å². The standard InChI is InChI=1S/C14H11FN4O/c15-10-6-2-1-5-9(10)13-14(20)19(18-17-13)12-8-4-3-7-11(12)16/h1-8,18H,16H2. The number of halogens is 1. The van der Waals surface area contributed by atoms with Crippen molar-refractivity contribution in [2.75, 3.05) is 5.73 Å². The zero-order valence-corrected chi connectivity index (χ0v) is 10.4. The van der Waals surface area contributed by atoms with Crippen molar-refractivity contribution in [2.24, 2.45) is 0 Å². The molecule has 2 aromatic carbocycles. The van der Waals surface area contributed by atoms with E-state index in [-0.39, 0.29) is 11.3 Å². The predicted octanol–water partition coefficient (Wildman–Crippen LogP) is 1.95. The van der Waals surface area contributed by atoms with Crippen LogP contribution >= 0.6 is 0 Å². The maximum absolute atomic E-state index is 13.7. The van der Waals surface area contributed by atoms with Crippen molar-refractivity contribution in [3.63, 3.8) is 0 Å². The molecule has 3 N–H and O–H groups in total. The summed E-state index contributed by atoms with van der Waals surface area (Å²) in [7, 11) is 0. The lowest BCUT2D eigenvalue weighted by Crippen LogP contribution is -2.17. The van der Waals surface area contributed by atoms with Gasteiger partial charge in [0.05, 0.1) is 11.4 Å². The third-order valence-electron chi connectivity index (χ3n) is 2.97. The highest BCUT2D eigenvalue weighted by atomic mass is 19.1. The number of para-hydroxylation sites is 2. The normalized spacial score (nSPS) is 10.7. The monoisotopic (exact) mass is 270 g/mol. The molecule has 1 aromatic heterocycles. The predicted molar refractivity (Wildman–Crippen MR) is 74.0 cm³/mol. The average Bonchev–Trinajstić information content (AvgIpc) is 2.82. The van der Waals surface area contributed by atoms with E-state index < -0.39 is 11.4 Å². The molecule has 0 bridgehead atoms. The van der Waals surface area contributed by atoms with Crippen LogP contribution in [0.2, 0.25) is 0 Å². The summed E-state index contributed by atoms with van der Waals surface area (Å²) in [6.45, 7) is 0. The fourth-order valence-corrected chi connectivity index (χ4v) is 1.98. The lowest BCUT2D eigenvalue weighted by molar-refractivity contribution is 0.630. The van der Waals surface area contributed by atoms with Crippen LogP contribution < -0.4 is 11.3 Å². The molecule has 0 spiro atoms. The Balaban J connectivity index is 2.18. The number of hydrogen-bond acceptors (Lipinski definition) is 3. The molecule has 0 fully saturated rings. The summed E-state index contributed by atoms with van der Waals surface area (Å²) in [5, 5.41) is 6.46. The maximum Gasteiger partial charge on any atom is 0.299 e. The summed E-state index contributed by atoms with van der Waals surface area (Å²) in [4.78, 5) is 12.3. The van der Waals surface area contributed by atoms with Gasteiger partial charge in [0, 0.05) is 5.56 Å². The van der Waals surface area contributed by atoms with Crippen molar-refractivity contribution in [2.45, 2.75) is 0 Å². The molecule has 0 amide bonds. The summed E-state index contributed by atoms with van der Waals surface area (Å²) in [6, 6.07) is 12.9. The molecule has 0 saturated carbocycles. The van der Waals surface area contributed by atoms with Crippen LogP contribution in [0, 0.1) is 5.82 Å². The van der Waals surface area contributed by atoms with Crippen LogP contribution in [0.3, 0.4) is 0 Å². The zero-order valence-electron chi connectivity index (χ0n) is 10.4. The van der Waals surface area contributed by atoms with Crippen LogP contribution in [-0.2, 0) is 0 Å². The van der Waals surface area contributed by atoms with Gasteiger partial charge in [-0.15, -0.1) is 0 Å². The molecule has 6 heteroatoms. The molecule has 0 aliphatic heterocycles. The molecule has 20 heavy (non-hydrogen) atoms. The minimum Gasteiger partial charge on any atom is -0.397 e. The van der Waals surface area contributed by atoms with E-state index >= 15 is 0 Å². The maximum atomic E-state index is 13.7. The average molecular weight is 270 g/mol. The van der Waals surface area contributed by atoms with Crippen LogP contribution in [-0.4, -0.2) is 15.0 Å². The lowest BCUT2D eigenvalue weighted by atomic mass is 10.1. The van der Waals surface area contributed by atoms with Crippen molar-refractivity contribution in [1.82, 2.24) is 15.0 Å². The smallest absolute Gasteiger partial charge is 0.299 e. The number of aromatic nitrogens is 3. The number of nitrogens with two attached hydrogens (primary N) is 1. The highest BCUT2D eigenvalue weighted by molar-refractivity contribution is 5.61. The van der Waals surface area contributed by atoms with E-state index in [4.69, 9.17) is 5.73 Å². The fraction of sp³-hybridized carbons (Fsp3) is 0. The molecular formula is C14H11FN4O. The first kappa shape index (κ1) is 12.2. The van der Waals surface area contributed by atoms with Crippen molar-refractivity contribution < 1.29 is 4.39 Å². The number of H-pyrrole nitrogens is 1. The van der Waals surface area contributed by atoms with Crippen molar-refractivity contribution >= 4 is 5.69 Å². The largest absolute Gasteiger partial charge is 0.397 e. The molecule has 0 atom stereocenters. The summed E-state index contributed by atoms with van der Waals surface area (Å²) < 4.78 is 14.9. The number of nitrogens with one attached hydrogen (secondary N) is 1. The van der Waals surface area contributed by atoms with E-state index in [1.54, 1.807) is 36.4 Å². The molecule has 100 valence electrons. The number of rotatable bonds is 2. The Morgan fingerprint density at radius 3 is 2.55 bits per heavy atom. The Labute approximate surface area is 113 Å². The van der Waals surface area contributed by atoms with Crippen LogP contribution in [0.25, 0.3) is 16.9 Å². The topological polar surface area (TPSA) is 76.7 Å². The van der Waals surface area contributed by atoms with E-state index in [1.807, 2.05) is 0 Å². The number of anilines is 1. The van der Waals surface area contributed by atoms with Gasteiger partial charge in [0.15, 0.2) is 5.69 Å². The van der Waals surface area contributed by atoms with Gasteiger partial charge in [0.25, 0.3) is 5.56 Å². The number of aromatic amines is 1. The Morgan fingerprint density at radius 1 is 1.10 bits per heavy atom. The molecule has 1 heterocycles. The Hall–Kier alpha value is -2.89. The molecule has 3 rings (SSSR count). The molecule has 5 nitrogen and oxygen atoms in total. The van der Waals surface area contributed by atoms with Gasteiger partial charge in [-0.25, -0.2) is 9.60 Å². The third-order valence-corrected chi connectivity index (χ3v) is 2.97. The number of hydrogen-bond donors (Lipinski definition) is 2. The first-order chi connectivity index (χ1) is 9.68. The van der Waals surface area contributed by atoms with Crippen LogP contribution in [0.15, 0.2) is 53.3 Å². The third kappa shape index (κ3) is 1.87. The number of benzene rings is 2. The first-order valence-electron chi connectivity index (χ1n) is 5.95. The van der Waals surface area contributed by atoms with Gasteiger partial charge in [-0.2, -0.15) is 9.78 Å². The molecule has 0 unspecified atom stereocenters. The molecule has 0 radical (unpaired) electrons. The van der Waals surface area contributed by atoms with E-state index in [2.05, 4.69) is 10.3 Å². The summed E-state index contributed by atoms with van der Waals surface area (Å²) in [6.07, 6.45) is 0. The first-order valence-corrected chi connectivity index (χ1v) is 5.95. The second-order valence-corrected chi connectivity index (χ2v) is 4.24. The van der Waals surface area contributed by atoms with E-state index in [9.17, 15) is 9.18 Å². The molecule has 0 saturated heterocycles. The SMILES string of the molecule is Nc1ccccc1-n1[nH]nc(-c2ccccc2F)c1=O. The summed E-state index contributed by atoms with van der Waals surface area (Å²) in [5.41, 5.74) is 6.45. The van der Waals surface area contributed by atoms with Gasteiger partial charge in [-0.3, -0.25) is 4.79 Å². The van der Waals surface area contributed by atoms with Crippen LogP contribution in [0.5, 0.6) is 0 Å². The summed E-state index contributed by atoms with van der Waals surface area (Å²) in [5.74, 6) is -0.496. The highest BCUT2D eigenvalue weighted by Crippen LogP contribution is 2.18. The van der Waals surface area contributed by atoms with Gasteiger partial charge >= 0.3 is 0 Å². The van der Waals surface area contributed by atoms with Gasteiger partial charge < -0.3 is 5.73 Å². The van der Waals surface area contributed by atoms with E-state index in [0.717, 1.165) is 0 Å². The quantitative estimate of drug-likeness (QED) is 0.699. The molecule has 0 aliphatic rings. The van der Waals surface area contributed by atoms with Gasteiger partial charge in [-0.1, -0.05) is 24.3 Å². The molecular weight excluding hydrogens is 259 g/mol. The lowest BCUT2D eigenvalue weighted by Gasteiger charge is -2.03. The van der Waals surface area contributed by atoms with Crippen molar-refractivity contribution in [3.05, 3.63) is 64.7 Å². The molecule has 0 aliphatic carbocycles. The fourth-order valence-electron chi connectivity index (χ4n) is 1.98. The van der Waals surface area contributed by atoms with Crippen molar-refractivity contribution in [3.8, 4) is 16.9 Å². The van der Waals surface area contributed by atoms with Gasteiger partial charge in [0.1, 0.15) is 5.82 Å². The van der Waals surface area contributed by atoms with Gasteiger partial charge in [-0.05, 0) is 24.3 Å². The number of nitrogens with zero attached hydrogens (tertiary/aromatic N) is 2. The minimum absolute atomic E-state index is 0.0198. The van der Waals surface area contributed by atoms with Crippen LogP contribution in [0.4, 0.5) is 10.1 Å². The Bertz CT molecular complexity index is 756. The second-order valence-electron chi connectivity index (χ2n) is 4.24. The van der Waals surface area contributed by atoms with Gasteiger partial charge in [0.2, 0.25) is 0 Å². The van der Waals surface area contributed by atoms with Crippen molar-refractivity contribution in [1.29, 1.82) is 0 Å². The zero-order chi connectivity index (χ0) is 14.1. The molecule has 3 aromatic rings. The highest BCUT2D eigenvalue weighted by Gasteiger charge is 2.15. The second kappa shape index (κ2) is 4.65. The Morgan fingerprint density at radius 2 is 1.80 bits per heavy atom.